The number of hydrazine groups is 1. The van der Waals surface area contributed by atoms with Crippen LogP contribution in [0.4, 0.5) is 11.6 Å². The van der Waals surface area contributed by atoms with Crippen molar-refractivity contribution < 1.29 is 0 Å². The lowest BCUT2D eigenvalue weighted by atomic mass is 10.3. The van der Waals surface area contributed by atoms with E-state index in [2.05, 4.69) is 27.2 Å². The maximum Gasteiger partial charge on any atom is 0.145 e. The summed E-state index contributed by atoms with van der Waals surface area (Å²) in [6.45, 7) is 3.23. The molecule has 0 spiro atoms. The Labute approximate surface area is 89.7 Å². The first-order chi connectivity index (χ1) is 7.35. The van der Waals surface area contributed by atoms with Gasteiger partial charge in [0.25, 0.3) is 0 Å². The monoisotopic (exact) mass is 207 g/mol. The van der Waals surface area contributed by atoms with Crippen LogP contribution in [0.25, 0.3) is 0 Å². The molecule has 15 heavy (non-hydrogen) atoms. The summed E-state index contributed by atoms with van der Waals surface area (Å²) in [5.41, 5.74) is 2.55. The summed E-state index contributed by atoms with van der Waals surface area (Å²) < 4.78 is 0. The molecular weight excluding hydrogens is 190 g/mol. The van der Waals surface area contributed by atoms with Crippen molar-refractivity contribution in [3.63, 3.8) is 0 Å². The van der Waals surface area contributed by atoms with Crippen molar-refractivity contribution in [3.05, 3.63) is 12.4 Å². The molecule has 2 rings (SSSR count). The Morgan fingerprint density at radius 3 is 2.93 bits per heavy atom. The molecule has 1 aliphatic carbocycles. The van der Waals surface area contributed by atoms with Crippen LogP contribution in [0.2, 0.25) is 0 Å². The summed E-state index contributed by atoms with van der Waals surface area (Å²) in [6.07, 6.45) is 5.23. The average molecular weight is 207 g/mol. The molecule has 1 fully saturated rings. The molecule has 0 amide bonds. The van der Waals surface area contributed by atoms with E-state index < -0.39 is 0 Å². The van der Waals surface area contributed by atoms with Gasteiger partial charge in [-0.3, -0.25) is 0 Å². The van der Waals surface area contributed by atoms with Gasteiger partial charge in [-0.15, -0.1) is 0 Å². The number of anilines is 2. The normalized spacial score (nSPS) is 15.1. The Morgan fingerprint density at radius 2 is 2.33 bits per heavy atom. The number of nitrogens with zero attached hydrogens (tertiary/aromatic N) is 3. The second-order valence-electron chi connectivity index (χ2n) is 3.83. The molecule has 0 saturated heterocycles. The Balaban J connectivity index is 2.16. The van der Waals surface area contributed by atoms with Crippen molar-refractivity contribution in [2.75, 3.05) is 16.9 Å². The number of rotatable bonds is 5. The maximum atomic E-state index is 5.33. The maximum absolute atomic E-state index is 5.33. The number of nitrogen functional groups attached to an aromatic ring is 1. The predicted octanol–water partition coefficient (Wildman–Crippen LogP) is 1.14. The van der Waals surface area contributed by atoms with Crippen LogP contribution in [-0.4, -0.2) is 22.6 Å². The second-order valence-corrected chi connectivity index (χ2v) is 3.83. The van der Waals surface area contributed by atoms with Gasteiger partial charge < -0.3 is 10.3 Å². The molecule has 5 heteroatoms. The highest BCUT2D eigenvalue weighted by atomic mass is 15.3. The fraction of sp³-hybridized carbons (Fsp3) is 0.600. The van der Waals surface area contributed by atoms with E-state index in [-0.39, 0.29) is 0 Å². The Morgan fingerprint density at radius 1 is 1.53 bits per heavy atom. The lowest BCUT2D eigenvalue weighted by Crippen LogP contribution is -2.27. The van der Waals surface area contributed by atoms with Crippen LogP contribution >= 0.6 is 0 Å². The van der Waals surface area contributed by atoms with E-state index in [1.807, 2.05) is 6.07 Å². The SMILES string of the molecule is CCCN(c1cc(NN)ncn1)C1CC1. The van der Waals surface area contributed by atoms with Crippen molar-refractivity contribution in [1.29, 1.82) is 0 Å². The number of nitrogens with one attached hydrogen (secondary N) is 1. The summed E-state index contributed by atoms with van der Waals surface area (Å²) in [6, 6.07) is 2.57. The van der Waals surface area contributed by atoms with Gasteiger partial charge in [-0.2, -0.15) is 0 Å². The van der Waals surface area contributed by atoms with Gasteiger partial charge in [0.2, 0.25) is 0 Å². The van der Waals surface area contributed by atoms with Crippen LogP contribution in [0.1, 0.15) is 26.2 Å². The Hall–Kier alpha value is -1.36. The zero-order valence-electron chi connectivity index (χ0n) is 8.98. The number of nitrogens with two attached hydrogens (primary N) is 1. The molecular formula is C10H17N5. The highest BCUT2D eigenvalue weighted by molar-refractivity contribution is 5.49. The van der Waals surface area contributed by atoms with E-state index in [0.717, 1.165) is 18.8 Å². The van der Waals surface area contributed by atoms with Gasteiger partial charge in [-0.1, -0.05) is 6.92 Å². The Bertz CT molecular complexity index is 323. The van der Waals surface area contributed by atoms with Crippen molar-refractivity contribution >= 4 is 11.6 Å². The summed E-state index contributed by atoms with van der Waals surface area (Å²) in [5.74, 6) is 6.97. The number of aromatic nitrogens is 2. The van der Waals surface area contributed by atoms with E-state index in [1.165, 1.54) is 12.8 Å². The highest BCUT2D eigenvalue weighted by Crippen LogP contribution is 2.30. The molecule has 1 aliphatic rings. The van der Waals surface area contributed by atoms with E-state index in [1.54, 1.807) is 6.33 Å². The first kappa shape index (κ1) is 10.2. The molecule has 0 atom stereocenters. The summed E-state index contributed by atoms with van der Waals surface area (Å²) in [5, 5.41) is 0. The third-order valence-electron chi connectivity index (χ3n) is 2.55. The third-order valence-corrected chi connectivity index (χ3v) is 2.55. The van der Waals surface area contributed by atoms with E-state index in [0.29, 0.717) is 11.9 Å². The smallest absolute Gasteiger partial charge is 0.145 e. The number of hydrogen-bond acceptors (Lipinski definition) is 5. The molecule has 1 heterocycles. The molecule has 0 bridgehead atoms. The van der Waals surface area contributed by atoms with E-state index in [9.17, 15) is 0 Å². The third kappa shape index (κ3) is 2.36. The van der Waals surface area contributed by atoms with Gasteiger partial charge in [0.1, 0.15) is 18.0 Å². The quantitative estimate of drug-likeness (QED) is 0.560. The fourth-order valence-corrected chi connectivity index (χ4v) is 1.69. The summed E-state index contributed by atoms with van der Waals surface area (Å²) in [4.78, 5) is 10.6. The fourth-order valence-electron chi connectivity index (χ4n) is 1.69. The molecule has 5 nitrogen and oxygen atoms in total. The average Bonchev–Trinajstić information content (AvgIpc) is 3.10. The molecule has 0 radical (unpaired) electrons. The first-order valence-electron chi connectivity index (χ1n) is 5.40. The van der Waals surface area contributed by atoms with Crippen LogP contribution in [0.3, 0.4) is 0 Å². The zero-order valence-corrected chi connectivity index (χ0v) is 8.98. The molecule has 3 N–H and O–H groups in total. The summed E-state index contributed by atoms with van der Waals surface area (Å²) >= 11 is 0. The van der Waals surface area contributed by atoms with Crippen LogP contribution in [0.5, 0.6) is 0 Å². The van der Waals surface area contributed by atoms with E-state index in [4.69, 9.17) is 5.84 Å². The van der Waals surface area contributed by atoms with Crippen molar-refractivity contribution in [3.8, 4) is 0 Å². The van der Waals surface area contributed by atoms with Crippen molar-refractivity contribution in [1.82, 2.24) is 9.97 Å². The molecule has 1 saturated carbocycles. The minimum Gasteiger partial charge on any atom is -0.353 e. The zero-order chi connectivity index (χ0) is 10.7. The molecule has 82 valence electrons. The van der Waals surface area contributed by atoms with Gasteiger partial charge >= 0.3 is 0 Å². The molecule has 1 aromatic rings. The standard InChI is InChI=1S/C10H17N5/c1-2-5-15(8-3-4-8)10-6-9(14-11)12-7-13-10/h6-8H,2-5,11H2,1H3,(H,12,13,14). The molecule has 0 unspecified atom stereocenters. The molecule has 1 aromatic heterocycles. The number of hydrogen-bond donors (Lipinski definition) is 2. The van der Waals surface area contributed by atoms with Crippen LogP contribution < -0.4 is 16.2 Å². The lowest BCUT2D eigenvalue weighted by Gasteiger charge is -2.22. The van der Waals surface area contributed by atoms with E-state index >= 15 is 0 Å². The predicted molar refractivity (Wildman–Crippen MR) is 60.5 cm³/mol. The topological polar surface area (TPSA) is 67.1 Å². The minimum atomic E-state index is 0.668. The Kier molecular flexibility index (Phi) is 3.01. The van der Waals surface area contributed by atoms with Gasteiger partial charge in [0, 0.05) is 18.7 Å². The van der Waals surface area contributed by atoms with Gasteiger partial charge in [0.05, 0.1) is 0 Å². The van der Waals surface area contributed by atoms with Crippen molar-refractivity contribution in [2.45, 2.75) is 32.2 Å². The largest absolute Gasteiger partial charge is 0.353 e. The molecule has 0 aromatic carbocycles. The molecule has 0 aliphatic heterocycles. The first-order valence-corrected chi connectivity index (χ1v) is 5.40. The highest BCUT2D eigenvalue weighted by Gasteiger charge is 2.29. The summed E-state index contributed by atoms with van der Waals surface area (Å²) in [7, 11) is 0. The lowest BCUT2D eigenvalue weighted by molar-refractivity contribution is 0.748. The van der Waals surface area contributed by atoms with Crippen LogP contribution in [-0.2, 0) is 0 Å². The second kappa shape index (κ2) is 4.44. The van der Waals surface area contributed by atoms with Crippen molar-refractivity contribution in [2.24, 2.45) is 5.84 Å². The van der Waals surface area contributed by atoms with Gasteiger partial charge in [-0.25, -0.2) is 15.8 Å². The minimum absolute atomic E-state index is 0.668. The van der Waals surface area contributed by atoms with Crippen LogP contribution in [0.15, 0.2) is 12.4 Å². The van der Waals surface area contributed by atoms with Gasteiger partial charge in [0.15, 0.2) is 0 Å². The van der Waals surface area contributed by atoms with Gasteiger partial charge in [-0.05, 0) is 19.3 Å². The van der Waals surface area contributed by atoms with Crippen LogP contribution in [0, 0.1) is 0 Å².